The second-order valence-electron chi connectivity index (χ2n) is 5.90. The molecule has 19 heavy (non-hydrogen) atoms. The van der Waals surface area contributed by atoms with Crippen molar-refractivity contribution < 1.29 is 0 Å². The SMILES string of the molecule is CNCC(Cc1cccc(Br)c1)C1CCCCCC1. The van der Waals surface area contributed by atoms with Gasteiger partial charge < -0.3 is 5.32 Å². The van der Waals surface area contributed by atoms with Gasteiger partial charge in [-0.3, -0.25) is 0 Å². The average molecular weight is 324 g/mol. The molecule has 0 aliphatic heterocycles. The third-order valence-electron chi connectivity index (χ3n) is 4.42. The van der Waals surface area contributed by atoms with Crippen LogP contribution in [-0.4, -0.2) is 13.6 Å². The minimum absolute atomic E-state index is 0.789. The fraction of sp³-hybridized carbons (Fsp3) is 0.647. The first-order valence-corrected chi connectivity index (χ1v) is 8.48. The first-order valence-electron chi connectivity index (χ1n) is 7.68. The third kappa shape index (κ3) is 4.92. The molecular formula is C17H26BrN. The van der Waals surface area contributed by atoms with Crippen LogP contribution in [0, 0.1) is 11.8 Å². The van der Waals surface area contributed by atoms with Gasteiger partial charge in [-0.15, -0.1) is 0 Å². The molecule has 1 atom stereocenters. The van der Waals surface area contributed by atoms with Crippen LogP contribution in [0.1, 0.15) is 44.1 Å². The Balaban J connectivity index is 2.02. The van der Waals surface area contributed by atoms with Crippen molar-refractivity contribution in [2.75, 3.05) is 13.6 Å². The second kappa shape index (κ2) is 8.06. The van der Waals surface area contributed by atoms with Crippen molar-refractivity contribution in [2.24, 2.45) is 11.8 Å². The van der Waals surface area contributed by atoms with Crippen molar-refractivity contribution >= 4 is 15.9 Å². The maximum atomic E-state index is 3.58. The van der Waals surface area contributed by atoms with Crippen LogP contribution in [0.3, 0.4) is 0 Å². The summed E-state index contributed by atoms with van der Waals surface area (Å²) in [5.74, 6) is 1.70. The predicted octanol–water partition coefficient (Wildman–Crippen LogP) is 4.80. The van der Waals surface area contributed by atoms with Gasteiger partial charge >= 0.3 is 0 Å². The van der Waals surface area contributed by atoms with Crippen LogP contribution >= 0.6 is 15.9 Å². The van der Waals surface area contributed by atoms with Crippen molar-refractivity contribution in [3.8, 4) is 0 Å². The monoisotopic (exact) mass is 323 g/mol. The molecule has 1 aliphatic rings. The van der Waals surface area contributed by atoms with E-state index in [0.717, 1.165) is 18.4 Å². The summed E-state index contributed by atoms with van der Waals surface area (Å²) in [4.78, 5) is 0. The van der Waals surface area contributed by atoms with Gasteiger partial charge in [0, 0.05) is 4.47 Å². The number of rotatable bonds is 5. The highest BCUT2D eigenvalue weighted by Crippen LogP contribution is 2.31. The standard InChI is InChI=1S/C17H26BrN/c1-19-13-16(15-8-4-2-3-5-9-15)11-14-7-6-10-17(18)12-14/h6-7,10,12,15-16,19H,2-5,8-9,11,13H2,1H3. The summed E-state index contributed by atoms with van der Waals surface area (Å²) in [5.41, 5.74) is 1.47. The van der Waals surface area contributed by atoms with Crippen molar-refractivity contribution in [2.45, 2.75) is 44.9 Å². The van der Waals surface area contributed by atoms with Crippen molar-refractivity contribution in [1.29, 1.82) is 0 Å². The summed E-state index contributed by atoms with van der Waals surface area (Å²) in [5, 5.41) is 3.41. The molecule has 0 amide bonds. The predicted molar refractivity (Wildman–Crippen MR) is 86.5 cm³/mol. The van der Waals surface area contributed by atoms with Crippen molar-refractivity contribution in [3.05, 3.63) is 34.3 Å². The van der Waals surface area contributed by atoms with Crippen molar-refractivity contribution in [1.82, 2.24) is 5.32 Å². The van der Waals surface area contributed by atoms with Crippen LogP contribution in [0.15, 0.2) is 28.7 Å². The van der Waals surface area contributed by atoms with Crippen LogP contribution < -0.4 is 5.32 Å². The zero-order valence-corrected chi connectivity index (χ0v) is 13.6. The molecule has 0 saturated heterocycles. The fourth-order valence-corrected chi connectivity index (χ4v) is 3.86. The summed E-state index contributed by atoms with van der Waals surface area (Å²) in [6.07, 6.45) is 9.83. The summed E-state index contributed by atoms with van der Waals surface area (Å²) >= 11 is 3.58. The molecule has 2 heteroatoms. The molecule has 1 aromatic rings. The maximum absolute atomic E-state index is 3.58. The Morgan fingerprint density at radius 1 is 1.21 bits per heavy atom. The topological polar surface area (TPSA) is 12.0 Å². The highest BCUT2D eigenvalue weighted by atomic mass is 79.9. The number of benzene rings is 1. The lowest BCUT2D eigenvalue weighted by Crippen LogP contribution is -2.27. The molecule has 1 aliphatic carbocycles. The Bertz CT molecular complexity index is 369. The van der Waals surface area contributed by atoms with Gasteiger partial charge in [0.2, 0.25) is 0 Å². The minimum Gasteiger partial charge on any atom is -0.319 e. The van der Waals surface area contributed by atoms with E-state index in [9.17, 15) is 0 Å². The molecule has 1 fully saturated rings. The van der Waals surface area contributed by atoms with Crippen LogP contribution in [-0.2, 0) is 6.42 Å². The molecule has 1 aromatic carbocycles. The largest absolute Gasteiger partial charge is 0.319 e. The smallest absolute Gasteiger partial charge is 0.0177 e. The Hall–Kier alpha value is -0.340. The van der Waals surface area contributed by atoms with Crippen LogP contribution in [0.4, 0.5) is 0 Å². The molecule has 106 valence electrons. The number of hydrogen-bond acceptors (Lipinski definition) is 1. The summed E-state index contributed by atoms with van der Waals surface area (Å²) in [7, 11) is 2.09. The lowest BCUT2D eigenvalue weighted by molar-refractivity contribution is 0.289. The first kappa shape index (κ1) is 15.1. The average Bonchev–Trinajstić information content (AvgIpc) is 2.67. The van der Waals surface area contributed by atoms with E-state index in [1.807, 2.05) is 0 Å². The normalized spacial score (nSPS) is 19.1. The summed E-state index contributed by atoms with van der Waals surface area (Å²) < 4.78 is 1.20. The van der Waals surface area contributed by atoms with Gasteiger partial charge in [-0.2, -0.15) is 0 Å². The van der Waals surface area contributed by atoms with Gasteiger partial charge in [-0.1, -0.05) is 66.6 Å². The molecule has 1 nitrogen and oxygen atoms in total. The summed E-state index contributed by atoms with van der Waals surface area (Å²) in [6.45, 7) is 1.15. The molecule has 0 bridgehead atoms. The van der Waals surface area contributed by atoms with E-state index < -0.39 is 0 Å². The van der Waals surface area contributed by atoms with E-state index >= 15 is 0 Å². The quantitative estimate of drug-likeness (QED) is 0.767. The molecule has 1 N–H and O–H groups in total. The molecule has 0 aromatic heterocycles. The fourth-order valence-electron chi connectivity index (χ4n) is 3.42. The zero-order valence-electron chi connectivity index (χ0n) is 12.0. The van der Waals surface area contributed by atoms with E-state index in [-0.39, 0.29) is 0 Å². The Morgan fingerprint density at radius 2 is 1.95 bits per heavy atom. The second-order valence-corrected chi connectivity index (χ2v) is 6.82. The lowest BCUT2D eigenvalue weighted by Gasteiger charge is -2.26. The number of nitrogens with one attached hydrogen (secondary N) is 1. The van der Waals surface area contributed by atoms with Gasteiger partial charge in [0.15, 0.2) is 0 Å². The molecular weight excluding hydrogens is 298 g/mol. The van der Waals surface area contributed by atoms with Gasteiger partial charge in [0.25, 0.3) is 0 Å². The summed E-state index contributed by atoms with van der Waals surface area (Å²) in [6, 6.07) is 8.81. The molecule has 0 radical (unpaired) electrons. The van der Waals surface area contributed by atoms with E-state index in [1.54, 1.807) is 0 Å². The van der Waals surface area contributed by atoms with Gasteiger partial charge in [0.05, 0.1) is 0 Å². The molecule has 1 saturated carbocycles. The van der Waals surface area contributed by atoms with Crippen LogP contribution in [0.2, 0.25) is 0 Å². The first-order chi connectivity index (χ1) is 9.29. The van der Waals surface area contributed by atoms with E-state index in [2.05, 4.69) is 52.6 Å². The highest BCUT2D eigenvalue weighted by Gasteiger charge is 2.22. The van der Waals surface area contributed by atoms with Crippen LogP contribution in [0.5, 0.6) is 0 Å². The Morgan fingerprint density at radius 3 is 2.58 bits per heavy atom. The van der Waals surface area contributed by atoms with Gasteiger partial charge in [-0.25, -0.2) is 0 Å². The Labute approximate surface area is 126 Å². The van der Waals surface area contributed by atoms with E-state index in [4.69, 9.17) is 0 Å². The molecule has 0 heterocycles. The van der Waals surface area contributed by atoms with E-state index in [0.29, 0.717) is 0 Å². The molecule has 2 rings (SSSR count). The lowest BCUT2D eigenvalue weighted by atomic mass is 9.82. The highest BCUT2D eigenvalue weighted by molar-refractivity contribution is 9.10. The van der Waals surface area contributed by atoms with Gasteiger partial charge in [-0.05, 0) is 49.5 Å². The van der Waals surface area contributed by atoms with Crippen molar-refractivity contribution in [3.63, 3.8) is 0 Å². The van der Waals surface area contributed by atoms with E-state index in [1.165, 1.54) is 55.0 Å². The number of halogens is 1. The minimum atomic E-state index is 0.789. The van der Waals surface area contributed by atoms with Gasteiger partial charge in [0.1, 0.15) is 0 Å². The Kier molecular flexibility index (Phi) is 6.39. The molecule has 1 unspecified atom stereocenters. The maximum Gasteiger partial charge on any atom is 0.0177 e. The third-order valence-corrected chi connectivity index (χ3v) is 4.91. The van der Waals surface area contributed by atoms with Crippen LogP contribution in [0.25, 0.3) is 0 Å². The zero-order chi connectivity index (χ0) is 13.5. The molecule has 0 spiro atoms. The number of hydrogen-bond donors (Lipinski definition) is 1.